The SMILES string of the molecule is O=c1oc(-c2ccco2)c(Cl)nc1Cl. The Bertz CT molecular complexity index is 504. The maximum Gasteiger partial charge on any atom is 0.374 e. The van der Waals surface area contributed by atoms with Crippen molar-refractivity contribution in [2.45, 2.75) is 0 Å². The maximum absolute atomic E-state index is 11.0. The fraction of sp³-hybridized carbons (Fsp3) is 0. The molecular weight excluding hydrogens is 229 g/mol. The first-order valence-corrected chi connectivity index (χ1v) is 4.34. The molecule has 0 unspecified atom stereocenters. The summed E-state index contributed by atoms with van der Waals surface area (Å²) in [6.07, 6.45) is 1.43. The van der Waals surface area contributed by atoms with Gasteiger partial charge in [0.25, 0.3) is 0 Å². The molecule has 0 amide bonds. The van der Waals surface area contributed by atoms with Gasteiger partial charge in [0.2, 0.25) is 10.9 Å². The maximum atomic E-state index is 11.0. The second-order valence-corrected chi connectivity index (χ2v) is 3.11. The summed E-state index contributed by atoms with van der Waals surface area (Å²) in [7, 11) is 0. The van der Waals surface area contributed by atoms with Crippen molar-refractivity contribution >= 4 is 23.2 Å². The van der Waals surface area contributed by atoms with E-state index in [-0.39, 0.29) is 16.1 Å². The van der Waals surface area contributed by atoms with Crippen molar-refractivity contribution < 1.29 is 8.83 Å². The minimum Gasteiger partial charge on any atom is -0.461 e. The predicted octanol–water partition coefficient (Wildman–Crippen LogP) is 2.60. The molecule has 0 saturated heterocycles. The number of halogens is 2. The Morgan fingerprint density at radius 3 is 2.71 bits per heavy atom. The number of furan rings is 1. The minimum atomic E-state index is -0.748. The van der Waals surface area contributed by atoms with Crippen molar-refractivity contribution in [3.63, 3.8) is 0 Å². The lowest BCUT2D eigenvalue weighted by atomic mass is 10.4. The number of aromatic nitrogens is 1. The third-order valence-corrected chi connectivity index (χ3v) is 1.99. The van der Waals surface area contributed by atoms with E-state index >= 15 is 0 Å². The Morgan fingerprint density at radius 1 is 1.29 bits per heavy atom. The van der Waals surface area contributed by atoms with Crippen molar-refractivity contribution in [2.24, 2.45) is 0 Å². The van der Waals surface area contributed by atoms with Crippen LogP contribution in [-0.2, 0) is 0 Å². The molecule has 0 aromatic carbocycles. The molecule has 6 heteroatoms. The largest absolute Gasteiger partial charge is 0.461 e. The van der Waals surface area contributed by atoms with Crippen LogP contribution in [0.25, 0.3) is 11.5 Å². The minimum absolute atomic E-state index is 0.00968. The normalized spacial score (nSPS) is 10.4. The van der Waals surface area contributed by atoms with Gasteiger partial charge in [-0.3, -0.25) is 0 Å². The van der Waals surface area contributed by atoms with Crippen LogP contribution >= 0.6 is 23.2 Å². The molecule has 0 fully saturated rings. The van der Waals surface area contributed by atoms with Gasteiger partial charge in [-0.25, -0.2) is 9.78 Å². The molecular formula is C8H3Cl2NO3. The van der Waals surface area contributed by atoms with Gasteiger partial charge < -0.3 is 8.83 Å². The molecule has 2 rings (SSSR count). The van der Waals surface area contributed by atoms with Gasteiger partial charge in [0.15, 0.2) is 10.9 Å². The van der Waals surface area contributed by atoms with Gasteiger partial charge in [-0.2, -0.15) is 0 Å². The summed E-state index contributed by atoms with van der Waals surface area (Å²) >= 11 is 11.1. The van der Waals surface area contributed by atoms with Crippen molar-refractivity contribution in [1.29, 1.82) is 0 Å². The van der Waals surface area contributed by atoms with Crippen LogP contribution in [0.2, 0.25) is 10.3 Å². The Hall–Kier alpha value is -1.26. The van der Waals surface area contributed by atoms with Crippen molar-refractivity contribution in [1.82, 2.24) is 4.98 Å². The van der Waals surface area contributed by atoms with E-state index in [0.717, 1.165) is 0 Å². The van der Waals surface area contributed by atoms with E-state index in [4.69, 9.17) is 32.0 Å². The highest BCUT2D eigenvalue weighted by Crippen LogP contribution is 2.25. The van der Waals surface area contributed by atoms with E-state index in [1.807, 2.05) is 0 Å². The molecule has 0 aliphatic carbocycles. The zero-order chi connectivity index (χ0) is 10.1. The molecule has 0 atom stereocenters. The molecule has 0 radical (unpaired) electrons. The van der Waals surface area contributed by atoms with Crippen molar-refractivity contribution in [2.75, 3.05) is 0 Å². The second-order valence-electron chi connectivity index (χ2n) is 2.39. The molecule has 0 bridgehead atoms. The quantitative estimate of drug-likeness (QED) is 0.758. The van der Waals surface area contributed by atoms with Crippen LogP contribution in [0.1, 0.15) is 0 Å². The third kappa shape index (κ3) is 1.54. The highest BCUT2D eigenvalue weighted by atomic mass is 35.5. The van der Waals surface area contributed by atoms with Gasteiger partial charge in [-0.1, -0.05) is 23.2 Å². The molecule has 0 N–H and O–H groups in total. The molecule has 14 heavy (non-hydrogen) atoms. The summed E-state index contributed by atoms with van der Waals surface area (Å²) in [6.45, 7) is 0. The molecule has 2 aromatic heterocycles. The summed E-state index contributed by atoms with van der Waals surface area (Å²) in [4.78, 5) is 14.6. The molecule has 0 saturated carbocycles. The Balaban J connectivity index is 2.66. The van der Waals surface area contributed by atoms with Crippen molar-refractivity contribution in [3.05, 3.63) is 39.1 Å². The summed E-state index contributed by atoms with van der Waals surface area (Å²) < 4.78 is 9.80. The average Bonchev–Trinajstić information content (AvgIpc) is 2.64. The lowest BCUT2D eigenvalue weighted by Gasteiger charge is -1.97. The Labute approximate surface area is 88.1 Å². The fourth-order valence-electron chi connectivity index (χ4n) is 0.919. The Kier molecular flexibility index (Phi) is 2.31. The summed E-state index contributed by atoms with van der Waals surface area (Å²) in [5.41, 5.74) is -0.748. The smallest absolute Gasteiger partial charge is 0.374 e. The fourth-order valence-corrected chi connectivity index (χ4v) is 1.30. The molecule has 2 heterocycles. The lowest BCUT2D eigenvalue weighted by Crippen LogP contribution is -2.03. The van der Waals surface area contributed by atoms with Crippen LogP contribution in [0.15, 0.2) is 32.0 Å². The summed E-state index contributed by atoms with van der Waals surface area (Å²) in [5.74, 6) is 0.405. The van der Waals surface area contributed by atoms with E-state index < -0.39 is 5.63 Å². The van der Waals surface area contributed by atoms with E-state index in [1.54, 1.807) is 12.1 Å². The first-order chi connectivity index (χ1) is 6.68. The Morgan fingerprint density at radius 2 is 2.07 bits per heavy atom. The zero-order valence-corrected chi connectivity index (χ0v) is 8.17. The second kappa shape index (κ2) is 3.48. The first-order valence-electron chi connectivity index (χ1n) is 3.58. The van der Waals surface area contributed by atoms with Crippen LogP contribution in [0, 0.1) is 0 Å². The van der Waals surface area contributed by atoms with Crippen LogP contribution < -0.4 is 5.63 Å². The van der Waals surface area contributed by atoms with Crippen LogP contribution in [0.3, 0.4) is 0 Å². The number of hydrogen-bond acceptors (Lipinski definition) is 4. The van der Waals surface area contributed by atoms with Crippen LogP contribution in [-0.4, -0.2) is 4.98 Å². The van der Waals surface area contributed by atoms with Crippen LogP contribution in [0.5, 0.6) is 0 Å². The molecule has 0 aliphatic rings. The van der Waals surface area contributed by atoms with Gasteiger partial charge in [-0.15, -0.1) is 0 Å². The van der Waals surface area contributed by atoms with Gasteiger partial charge in [0.05, 0.1) is 6.26 Å². The number of nitrogens with zero attached hydrogens (tertiary/aromatic N) is 1. The van der Waals surface area contributed by atoms with Crippen molar-refractivity contribution in [3.8, 4) is 11.5 Å². The van der Waals surface area contributed by atoms with Gasteiger partial charge >= 0.3 is 5.63 Å². The van der Waals surface area contributed by atoms with Gasteiger partial charge in [0, 0.05) is 0 Å². The lowest BCUT2D eigenvalue weighted by molar-refractivity contribution is 0.485. The monoisotopic (exact) mass is 231 g/mol. The van der Waals surface area contributed by atoms with E-state index in [9.17, 15) is 4.79 Å². The predicted molar refractivity (Wildman–Crippen MR) is 50.5 cm³/mol. The van der Waals surface area contributed by atoms with E-state index in [1.165, 1.54) is 6.26 Å². The number of rotatable bonds is 1. The van der Waals surface area contributed by atoms with Crippen LogP contribution in [0.4, 0.5) is 0 Å². The third-order valence-electron chi connectivity index (χ3n) is 1.49. The molecule has 0 spiro atoms. The highest BCUT2D eigenvalue weighted by Gasteiger charge is 2.13. The summed E-state index contributed by atoms with van der Waals surface area (Å²) in [6, 6.07) is 3.24. The summed E-state index contributed by atoms with van der Waals surface area (Å²) in [5, 5.41) is -0.310. The highest BCUT2D eigenvalue weighted by molar-refractivity contribution is 6.33. The molecule has 4 nitrogen and oxygen atoms in total. The molecule has 0 aliphatic heterocycles. The molecule has 2 aromatic rings. The zero-order valence-electron chi connectivity index (χ0n) is 6.66. The van der Waals surface area contributed by atoms with Gasteiger partial charge in [-0.05, 0) is 12.1 Å². The topological polar surface area (TPSA) is 56.2 Å². The van der Waals surface area contributed by atoms with E-state index in [2.05, 4.69) is 4.98 Å². The van der Waals surface area contributed by atoms with Gasteiger partial charge in [0.1, 0.15) is 0 Å². The standard InChI is InChI=1S/C8H3Cl2NO3/c9-6-5(4-2-1-3-13-4)14-8(12)7(10)11-6/h1-3H. The van der Waals surface area contributed by atoms with E-state index in [0.29, 0.717) is 5.76 Å². The molecule has 72 valence electrons. The first kappa shape index (κ1) is 9.30. The average molecular weight is 232 g/mol. The number of hydrogen-bond donors (Lipinski definition) is 0.